The van der Waals surface area contributed by atoms with Gasteiger partial charge in [0.15, 0.2) is 5.83 Å². The SMILES string of the molecule is C=C(F)C(=O)N1CC(Nc2ccc3c(c2)NC(=O)C3(C)C)(c2cccc(Cl)c2Cl)C1. The Hall–Kier alpha value is -2.57. The molecule has 1 fully saturated rings. The van der Waals surface area contributed by atoms with Gasteiger partial charge in [-0.1, -0.05) is 48.0 Å². The Labute approximate surface area is 183 Å². The van der Waals surface area contributed by atoms with E-state index in [-0.39, 0.29) is 19.0 Å². The zero-order chi connectivity index (χ0) is 21.8. The molecule has 2 aliphatic rings. The first-order valence-corrected chi connectivity index (χ1v) is 10.1. The second-order valence-corrected chi connectivity index (χ2v) is 9.00. The van der Waals surface area contributed by atoms with Crippen LogP contribution in [0.15, 0.2) is 48.8 Å². The van der Waals surface area contributed by atoms with Crippen molar-refractivity contribution in [2.24, 2.45) is 0 Å². The summed E-state index contributed by atoms with van der Waals surface area (Å²) in [5.74, 6) is -1.83. The van der Waals surface area contributed by atoms with Gasteiger partial charge < -0.3 is 15.5 Å². The van der Waals surface area contributed by atoms with Crippen LogP contribution in [0.2, 0.25) is 10.0 Å². The number of fused-ring (bicyclic) bond motifs is 1. The zero-order valence-electron chi connectivity index (χ0n) is 16.5. The predicted molar refractivity (Wildman–Crippen MR) is 117 cm³/mol. The van der Waals surface area contributed by atoms with Gasteiger partial charge in [0.25, 0.3) is 5.91 Å². The molecule has 2 aromatic rings. The number of anilines is 2. The number of hydrogen-bond donors (Lipinski definition) is 2. The summed E-state index contributed by atoms with van der Waals surface area (Å²) >= 11 is 12.7. The molecule has 5 nitrogen and oxygen atoms in total. The smallest absolute Gasteiger partial charge is 0.282 e. The third-order valence-corrected chi connectivity index (χ3v) is 6.62. The Morgan fingerprint density at radius 3 is 2.57 bits per heavy atom. The summed E-state index contributed by atoms with van der Waals surface area (Å²) in [6.45, 7) is 7.19. The van der Waals surface area contributed by atoms with Gasteiger partial charge in [-0.2, -0.15) is 0 Å². The normalized spacial score (nSPS) is 18.3. The van der Waals surface area contributed by atoms with Gasteiger partial charge in [-0.3, -0.25) is 9.59 Å². The molecule has 30 heavy (non-hydrogen) atoms. The topological polar surface area (TPSA) is 61.4 Å². The average Bonchev–Trinajstić information content (AvgIpc) is 2.88. The Morgan fingerprint density at radius 2 is 1.90 bits per heavy atom. The number of rotatable bonds is 4. The Bertz CT molecular complexity index is 1090. The maximum atomic E-state index is 13.4. The van der Waals surface area contributed by atoms with Crippen LogP contribution in [0.1, 0.15) is 25.0 Å². The Balaban J connectivity index is 1.70. The summed E-state index contributed by atoms with van der Waals surface area (Å²) in [5.41, 5.74) is 1.70. The van der Waals surface area contributed by atoms with Crippen LogP contribution in [-0.2, 0) is 20.5 Å². The standard InChI is InChI=1S/C22H20Cl2FN3O2/c1-12(25)19(29)28-10-22(11-28,15-5-4-6-16(23)18(15)24)27-13-7-8-14-17(9-13)26-20(30)21(14,2)3/h4-9,27H,1,10-11H2,2-3H3,(H,26,30). The van der Waals surface area contributed by atoms with Crippen LogP contribution in [0.4, 0.5) is 15.8 Å². The molecule has 8 heteroatoms. The van der Waals surface area contributed by atoms with E-state index in [4.69, 9.17) is 23.2 Å². The van der Waals surface area contributed by atoms with E-state index in [2.05, 4.69) is 17.2 Å². The highest BCUT2D eigenvalue weighted by Gasteiger charge is 2.49. The van der Waals surface area contributed by atoms with Crippen LogP contribution in [0, 0.1) is 0 Å². The molecule has 1 saturated heterocycles. The van der Waals surface area contributed by atoms with Crippen LogP contribution in [-0.4, -0.2) is 29.8 Å². The fourth-order valence-electron chi connectivity index (χ4n) is 4.06. The molecule has 0 bridgehead atoms. The van der Waals surface area contributed by atoms with Crippen LogP contribution in [0.25, 0.3) is 0 Å². The van der Waals surface area contributed by atoms with E-state index in [9.17, 15) is 14.0 Å². The number of nitrogens with zero attached hydrogens (tertiary/aromatic N) is 1. The van der Waals surface area contributed by atoms with Crippen LogP contribution in [0.3, 0.4) is 0 Å². The van der Waals surface area contributed by atoms with Crippen molar-refractivity contribution in [2.45, 2.75) is 24.8 Å². The van der Waals surface area contributed by atoms with Crippen molar-refractivity contribution in [3.05, 3.63) is 70.0 Å². The molecule has 0 aliphatic carbocycles. The molecule has 0 atom stereocenters. The van der Waals surface area contributed by atoms with Crippen molar-refractivity contribution in [1.29, 1.82) is 0 Å². The van der Waals surface area contributed by atoms with Gasteiger partial charge in [-0.25, -0.2) is 4.39 Å². The number of likely N-dealkylation sites (tertiary alicyclic amines) is 1. The van der Waals surface area contributed by atoms with Gasteiger partial charge in [0.2, 0.25) is 5.91 Å². The second kappa shape index (κ2) is 7.00. The molecule has 0 unspecified atom stereocenters. The highest BCUT2D eigenvalue weighted by atomic mass is 35.5. The maximum Gasteiger partial charge on any atom is 0.282 e. The summed E-state index contributed by atoms with van der Waals surface area (Å²) < 4.78 is 13.4. The highest BCUT2D eigenvalue weighted by molar-refractivity contribution is 6.42. The van der Waals surface area contributed by atoms with Gasteiger partial charge in [0.05, 0.1) is 34.1 Å². The second-order valence-electron chi connectivity index (χ2n) is 8.21. The van der Waals surface area contributed by atoms with Gasteiger partial charge in [0.1, 0.15) is 0 Å². The summed E-state index contributed by atoms with van der Waals surface area (Å²) in [5, 5.41) is 7.09. The van der Waals surface area contributed by atoms with Gasteiger partial charge in [-0.05, 0) is 37.6 Å². The number of halogens is 3. The van der Waals surface area contributed by atoms with Crippen molar-refractivity contribution >= 4 is 46.4 Å². The summed E-state index contributed by atoms with van der Waals surface area (Å²) in [6, 6.07) is 10.9. The lowest BCUT2D eigenvalue weighted by Crippen LogP contribution is -2.65. The summed E-state index contributed by atoms with van der Waals surface area (Å²) in [6.07, 6.45) is 0. The summed E-state index contributed by atoms with van der Waals surface area (Å²) in [4.78, 5) is 25.6. The van der Waals surface area contributed by atoms with Gasteiger partial charge >= 0.3 is 0 Å². The van der Waals surface area contributed by atoms with Crippen LogP contribution >= 0.6 is 23.2 Å². The van der Waals surface area contributed by atoms with Crippen molar-refractivity contribution < 1.29 is 14.0 Å². The fraction of sp³-hybridized carbons (Fsp3) is 0.273. The van der Waals surface area contributed by atoms with Crippen molar-refractivity contribution in [3.8, 4) is 0 Å². The Morgan fingerprint density at radius 1 is 1.20 bits per heavy atom. The van der Waals surface area contributed by atoms with Crippen LogP contribution < -0.4 is 10.6 Å². The quantitative estimate of drug-likeness (QED) is 0.658. The molecule has 2 heterocycles. The van der Waals surface area contributed by atoms with E-state index in [0.717, 1.165) is 16.9 Å². The van der Waals surface area contributed by atoms with E-state index < -0.39 is 22.7 Å². The molecule has 2 aromatic carbocycles. The predicted octanol–water partition coefficient (Wildman–Crippen LogP) is 4.86. The number of nitrogens with one attached hydrogen (secondary N) is 2. The molecule has 156 valence electrons. The lowest BCUT2D eigenvalue weighted by Gasteiger charge is -2.51. The number of benzene rings is 2. The van der Waals surface area contributed by atoms with Crippen molar-refractivity contribution in [3.63, 3.8) is 0 Å². The van der Waals surface area contributed by atoms with E-state index in [0.29, 0.717) is 15.6 Å². The summed E-state index contributed by atoms with van der Waals surface area (Å²) in [7, 11) is 0. The van der Waals surface area contributed by atoms with E-state index in [1.54, 1.807) is 12.1 Å². The van der Waals surface area contributed by atoms with Gasteiger partial charge in [0, 0.05) is 16.9 Å². The first kappa shape index (κ1) is 20.7. The molecular weight excluding hydrogens is 428 g/mol. The molecule has 2 N–H and O–H groups in total. The molecule has 0 radical (unpaired) electrons. The van der Waals surface area contributed by atoms with Crippen molar-refractivity contribution in [1.82, 2.24) is 4.90 Å². The molecule has 2 amide bonds. The van der Waals surface area contributed by atoms with E-state index >= 15 is 0 Å². The van der Waals surface area contributed by atoms with Crippen molar-refractivity contribution in [2.75, 3.05) is 23.7 Å². The van der Waals surface area contributed by atoms with Gasteiger partial charge in [-0.15, -0.1) is 0 Å². The Kier molecular flexibility index (Phi) is 4.83. The molecule has 0 saturated carbocycles. The minimum atomic E-state index is -1.01. The number of amides is 2. The lowest BCUT2D eigenvalue weighted by atomic mass is 9.81. The average molecular weight is 448 g/mol. The van der Waals surface area contributed by atoms with Crippen LogP contribution in [0.5, 0.6) is 0 Å². The minimum Gasteiger partial charge on any atom is -0.372 e. The van der Waals surface area contributed by atoms with E-state index in [1.165, 1.54) is 4.90 Å². The third kappa shape index (κ3) is 3.15. The first-order valence-electron chi connectivity index (χ1n) is 9.37. The number of carbonyl (C=O) groups is 2. The monoisotopic (exact) mass is 447 g/mol. The molecule has 0 spiro atoms. The third-order valence-electron chi connectivity index (χ3n) is 5.80. The molecule has 0 aromatic heterocycles. The fourth-order valence-corrected chi connectivity index (χ4v) is 4.54. The zero-order valence-corrected chi connectivity index (χ0v) is 18.0. The molecule has 2 aliphatic heterocycles. The lowest BCUT2D eigenvalue weighted by molar-refractivity contribution is -0.135. The number of carbonyl (C=O) groups excluding carboxylic acids is 2. The number of hydrogen-bond acceptors (Lipinski definition) is 3. The maximum absolute atomic E-state index is 13.4. The molecular formula is C22H20Cl2FN3O2. The molecule has 4 rings (SSSR count). The largest absolute Gasteiger partial charge is 0.372 e. The van der Waals surface area contributed by atoms with E-state index in [1.807, 2.05) is 38.1 Å². The first-order chi connectivity index (χ1) is 14.0. The highest BCUT2D eigenvalue weighted by Crippen LogP contribution is 2.44. The minimum absolute atomic E-state index is 0.0656.